The van der Waals surface area contributed by atoms with Gasteiger partial charge in [-0.25, -0.2) is 0 Å². The van der Waals surface area contributed by atoms with Crippen LogP contribution in [0.15, 0.2) is 18.2 Å². The summed E-state index contributed by atoms with van der Waals surface area (Å²) in [4.78, 5) is 2.50. The van der Waals surface area contributed by atoms with Crippen molar-refractivity contribution in [2.45, 2.75) is 39.3 Å². The first kappa shape index (κ1) is 14.5. The molecule has 1 heterocycles. The van der Waals surface area contributed by atoms with Crippen LogP contribution in [-0.4, -0.2) is 36.6 Å². The molecule has 1 fully saturated rings. The summed E-state index contributed by atoms with van der Waals surface area (Å²) in [5, 5.41) is 3.40. The van der Waals surface area contributed by atoms with Gasteiger partial charge in [-0.05, 0) is 44.4 Å². The summed E-state index contributed by atoms with van der Waals surface area (Å²) in [5.74, 6) is 0. The van der Waals surface area contributed by atoms with E-state index in [1.54, 1.807) is 0 Å². The van der Waals surface area contributed by atoms with Crippen molar-refractivity contribution in [3.8, 4) is 0 Å². The molecule has 1 unspecified atom stereocenters. The first-order chi connectivity index (χ1) is 8.93. The van der Waals surface area contributed by atoms with Gasteiger partial charge in [0, 0.05) is 37.8 Å². The second kappa shape index (κ2) is 5.61. The monoisotopic (exact) mass is 261 g/mol. The molecule has 3 heteroatoms. The predicted octanol–water partition coefficient (Wildman–Crippen LogP) is 1.99. The predicted molar refractivity (Wildman–Crippen MR) is 81.4 cm³/mol. The third kappa shape index (κ3) is 2.99. The van der Waals surface area contributed by atoms with E-state index in [2.05, 4.69) is 56.1 Å². The van der Waals surface area contributed by atoms with Crippen LogP contribution in [0.25, 0.3) is 0 Å². The van der Waals surface area contributed by atoms with Crippen molar-refractivity contribution in [3.63, 3.8) is 0 Å². The maximum absolute atomic E-state index is 6.56. The van der Waals surface area contributed by atoms with E-state index in [-0.39, 0.29) is 11.6 Å². The van der Waals surface area contributed by atoms with E-state index in [1.807, 2.05) is 0 Å². The molecule has 0 spiro atoms. The molecule has 0 aliphatic carbocycles. The highest BCUT2D eigenvalue weighted by Crippen LogP contribution is 2.30. The van der Waals surface area contributed by atoms with Crippen molar-refractivity contribution in [2.75, 3.05) is 26.2 Å². The van der Waals surface area contributed by atoms with Gasteiger partial charge in [-0.2, -0.15) is 0 Å². The lowest BCUT2D eigenvalue weighted by atomic mass is 9.86. The van der Waals surface area contributed by atoms with E-state index < -0.39 is 0 Å². The van der Waals surface area contributed by atoms with Crippen LogP contribution in [0.4, 0.5) is 0 Å². The fourth-order valence-corrected chi connectivity index (χ4v) is 2.80. The van der Waals surface area contributed by atoms with Crippen molar-refractivity contribution < 1.29 is 0 Å². The minimum atomic E-state index is -0.0101. The Bertz CT molecular complexity index is 434. The Labute approximate surface area is 117 Å². The Morgan fingerprint density at radius 3 is 2.37 bits per heavy atom. The SMILES string of the molecule is Cc1ccc(C(N)C(C)(C)N2CCNCC2)cc1C. The highest BCUT2D eigenvalue weighted by molar-refractivity contribution is 5.33. The van der Waals surface area contributed by atoms with Crippen LogP contribution >= 0.6 is 0 Å². The number of hydrogen-bond acceptors (Lipinski definition) is 3. The van der Waals surface area contributed by atoms with Gasteiger partial charge in [-0.3, -0.25) is 4.90 Å². The van der Waals surface area contributed by atoms with Crippen LogP contribution in [0.2, 0.25) is 0 Å². The Hall–Kier alpha value is -0.900. The second-order valence-electron chi connectivity index (χ2n) is 6.21. The van der Waals surface area contributed by atoms with Crippen molar-refractivity contribution in [1.82, 2.24) is 10.2 Å². The molecule has 1 aliphatic heterocycles. The molecule has 0 saturated carbocycles. The summed E-state index contributed by atoms with van der Waals surface area (Å²) in [5.41, 5.74) is 10.4. The smallest absolute Gasteiger partial charge is 0.0476 e. The first-order valence-corrected chi connectivity index (χ1v) is 7.21. The third-order valence-corrected chi connectivity index (χ3v) is 4.58. The highest BCUT2D eigenvalue weighted by atomic mass is 15.2. The van der Waals surface area contributed by atoms with Gasteiger partial charge in [-0.15, -0.1) is 0 Å². The van der Waals surface area contributed by atoms with Gasteiger partial charge >= 0.3 is 0 Å². The molecule has 3 N–H and O–H groups in total. The number of benzene rings is 1. The highest BCUT2D eigenvalue weighted by Gasteiger charge is 2.34. The fraction of sp³-hybridized carbons (Fsp3) is 0.625. The van der Waals surface area contributed by atoms with Crippen molar-refractivity contribution in [3.05, 3.63) is 34.9 Å². The van der Waals surface area contributed by atoms with E-state index in [0.717, 1.165) is 26.2 Å². The Morgan fingerprint density at radius 2 is 1.79 bits per heavy atom. The molecule has 1 aromatic rings. The van der Waals surface area contributed by atoms with E-state index in [1.165, 1.54) is 16.7 Å². The summed E-state index contributed by atoms with van der Waals surface area (Å²) < 4.78 is 0. The molecule has 2 rings (SSSR count). The zero-order chi connectivity index (χ0) is 14.0. The zero-order valence-corrected chi connectivity index (χ0v) is 12.7. The molecular formula is C16H27N3. The second-order valence-corrected chi connectivity index (χ2v) is 6.21. The molecule has 0 radical (unpaired) electrons. The van der Waals surface area contributed by atoms with E-state index >= 15 is 0 Å². The van der Waals surface area contributed by atoms with Gasteiger partial charge < -0.3 is 11.1 Å². The van der Waals surface area contributed by atoms with Crippen molar-refractivity contribution in [1.29, 1.82) is 0 Å². The normalized spacial score (nSPS) is 19.4. The Balaban J connectivity index is 2.20. The Kier molecular flexibility index (Phi) is 4.29. The van der Waals surface area contributed by atoms with E-state index in [0.29, 0.717) is 0 Å². The lowest BCUT2D eigenvalue weighted by Crippen LogP contribution is -2.57. The molecule has 1 aliphatic rings. The van der Waals surface area contributed by atoms with E-state index in [4.69, 9.17) is 5.73 Å². The van der Waals surface area contributed by atoms with Gasteiger partial charge in [0.15, 0.2) is 0 Å². The molecule has 19 heavy (non-hydrogen) atoms. The molecule has 1 saturated heterocycles. The summed E-state index contributed by atoms with van der Waals surface area (Å²) >= 11 is 0. The summed E-state index contributed by atoms with van der Waals surface area (Å²) in [7, 11) is 0. The molecule has 0 amide bonds. The summed E-state index contributed by atoms with van der Waals surface area (Å²) in [6.07, 6.45) is 0. The number of nitrogens with zero attached hydrogens (tertiary/aromatic N) is 1. The van der Waals surface area contributed by atoms with Crippen LogP contribution in [0, 0.1) is 13.8 Å². The van der Waals surface area contributed by atoms with Crippen LogP contribution in [0.5, 0.6) is 0 Å². The van der Waals surface area contributed by atoms with Gasteiger partial charge in [-0.1, -0.05) is 18.2 Å². The average molecular weight is 261 g/mol. The van der Waals surface area contributed by atoms with E-state index in [9.17, 15) is 0 Å². The molecule has 106 valence electrons. The largest absolute Gasteiger partial charge is 0.322 e. The maximum atomic E-state index is 6.56. The standard InChI is InChI=1S/C16H27N3/c1-12-5-6-14(11-13(12)2)15(17)16(3,4)19-9-7-18-8-10-19/h5-6,11,15,18H,7-10,17H2,1-4H3. The molecule has 1 aromatic carbocycles. The van der Waals surface area contributed by atoms with Crippen LogP contribution in [0.3, 0.4) is 0 Å². The van der Waals surface area contributed by atoms with Crippen molar-refractivity contribution in [2.24, 2.45) is 5.73 Å². The minimum Gasteiger partial charge on any atom is -0.322 e. The third-order valence-electron chi connectivity index (χ3n) is 4.58. The van der Waals surface area contributed by atoms with Crippen LogP contribution in [0.1, 0.15) is 36.6 Å². The maximum Gasteiger partial charge on any atom is 0.0476 e. The quantitative estimate of drug-likeness (QED) is 0.874. The molecule has 0 aromatic heterocycles. The number of rotatable bonds is 3. The van der Waals surface area contributed by atoms with Crippen LogP contribution in [-0.2, 0) is 0 Å². The molecule has 3 nitrogen and oxygen atoms in total. The van der Waals surface area contributed by atoms with Gasteiger partial charge in [0.2, 0.25) is 0 Å². The van der Waals surface area contributed by atoms with Gasteiger partial charge in [0.1, 0.15) is 0 Å². The van der Waals surface area contributed by atoms with Gasteiger partial charge in [0.05, 0.1) is 0 Å². The lowest BCUT2D eigenvalue weighted by Gasteiger charge is -2.45. The van der Waals surface area contributed by atoms with Gasteiger partial charge in [0.25, 0.3) is 0 Å². The average Bonchev–Trinajstić information content (AvgIpc) is 2.42. The number of aryl methyl sites for hydroxylation is 2. The number of hydrogen-bond donors (Lipinski definition) is 2. The number of nitrogens with two attached hydrogens (primary N) is 1. The fourth-order valence-electron chi connectivity index (χ4n) is 2.80. The molecule has 1 atom stereocenters. The minimum absolute atomic E-state index is 0.0101. The topological polar surface area (TPSA) is 41.3 Å². The summed E-state index contributed by atoms with van der Waals surface area (Å²) in [6, 6.07) is 6.64. The summed E-state index contributed by atoms with van der Waals surface area (Å²) in [6.45, 7) is 13.1. The number of piperazine rings is 1. The Morgan fingerprint density at radius 1 is 1.16 bits per heavy atom. The molecule has 0 bridgehead atoms. The van der Waals surface area contributed by atoms with Crippen molar-refractivity contribution >= 4 is 0 Å². The first-order valence-electron chi connectivity index (χ1n) is 7.21. The molecular weight excluding hydrogens is 234 g/mol. The zero-order valence-electron chi connectivity index (χ0n) is 12.7. The van der Waals surface area contributed by atoms with Crippen LogP contribution < -0.4 is 11.1 Å². The number of nitrogens with one attached hydrogen (secondary N) is 1. The lowest BCUT2D eigenvalue weighted by molar-refractivity contribution is 0.0800.